The van der Waals surface area contributed by atoms with E-state index >= 15 is 0 Å². The Hall–Kier alpha value is -2.12. The summed E-state index contributed by atoms with van der Waals surface area (Å²) < 4.78 is 51.3. The molecule has 0 radical (unpaired) electrons. The summed E-state index contributed by atoms with van der Waals surface area (Å²) in [6.45, 7) is 5.86. The number of piperidine rings is 1. The topological polar surface area (TPSA) is 64.6 Å². The lowest BCUT2D eigenvalue weighted by Gasteiger charge is -2.35. The molecule has 0 spiro atoms. The fourth-order valence-electron chi connectivity index (χ4n) is 3.92. The van der Waals surface area contributed by atoms with Crippen LogP contribution in [0.25, 0.3) is 0 Å². The number of sulfone groups is 1. The van der Waals surface area contributed by atoms with Crippen LogP contribution in [0.5, 0.6) is 11.5 Å². The molecule has 5 nitrogen and oxygen atoms in total. The fraction of sp³-hybridized carbons (Fsp3) is 0.400. The summed E-state index contributed by atoms with van der Waals surface area (Å²) in [6, 6.07) is 8.50. The highest BCUT2D eigenvalue weighted by Gasteiger charge is 2.46. The lowest BCUT2D eigenvalue weighted by Crippen LogP contribution is -2.49. The van der Waals surface area contributed by atoms with Gasteiger partial charge < -0.3 is 14.8 Å². The Morgan fingerprint density at radius 2 is 2.07 bits per heavy atom. The highest BCUT2D eigenvalue weighted by atomic mass is 32.2. The number of hydrogen-bond acceptors (Lipinski definition) is 5. The summed E-state index contributed by atoms with van der Waals surface area (Å²) in [6.07, 6.45) is 0.913. The van der Waals surface area contributed by atoms with Crippen molar-refractivity contribution in [3.63, 3.8) is 0 Å². The smallest absolute Gasteiger partial charge is 0.206 e. The third-order valence-electron chi connectivity index (χ3n) is 5.48. The second-order valence-corrected chi connectivity index (χ2v) is 9.14. The van der Waals surface area contributed by atoms with Gasteiger partial charge in [0, 0.05) is 23.6 Å². The molecule has 2 aliphatic heterocycles. The quantitative estimate of drug-likeness (QED) is 0.868. The zero-order chi connectivity index (χ0) is 19.2. The minimum Gasteiger partial charge on any atom is -0.494 e. The monoisotopic (exact) mass is 391 g/mol. The maximum atomic E-state index is 13.9. The zero-order valence-electron chi connectivity index (χ0n) is 15.3. The minimum absolute atomic E-state index is 0.0158. The van der Waals surface area contributed by atoms with Crippen molar-refractivity contribution in [3.05, 3.63) is 47.8 Å². The predicted molar refractivity (Wildman–Crippen MR) is 98.7 cm³/mol. The first kappa shape index (κ1) is 18.3. The minimum atomic E-state index is -3.89. The SMILES string of the molecule is CCOc1cc(F)cc(S(=O)(=O)c2ccc3c(c2)OC2CNCCC32C)c1. The van der Waals surface area contributed by atoms with Gasteiger partial charge in [0.05, 0.1) is 16.4 Å². The Kier molecular flexibility index (Phi) is 4.39. The van der Waals surface area contributed by atoms with E-state index in [-0.39, 0.29) is 27.1 Å². The first-order chi connectivity index (χ1) is 12.8. The molecule has 2 aromatic rings. The van der Waals surface area contributed by atoms with Gasteiger partial charge in [-0.3, -0.25) is 0 Å². The normalized spacial score (nSPS) is 24.0. The van der Waals surface area contributed by atoms with Crippen LogP contribution >= 0.6 is 0 Å². The van der Waals surface area contributed by atoms with Crippen molar-refractivity contribution >= 4 is 9.84 Å². The van der Waals surface area contributed by atoms with E-state index in [9.17, 15) is 12.8 Å². The van der Waals surface area contributed by atoms with Crippen LogP contribution in [-0.4, -0.2) is 34.2 Å². The Morgan fingerprint density at radius 1 is 1.26 bits per heavy atom. The Morgan fingerprint density at radius 3 is 2.85 bits per heavy atom. The van der Waals surface area contributed by atoms with Crippen LogP contribution in [0.2, 0.25) is 0 Å². The van der Waals surface area contributed by atoms with E-state index in [2.05, 4.69) is 12.2 Å². The predicted octanol–water partition coefficient (Wildman–Crippen LogP) is 3.07. The number of rotatable bonds is 4. The van der Waals surface area contributed by atoms with Crippen LogP contribution < -0.4 is 14.8 Å². The zero-order valence-corrected chi connectivity index (χ0v) is 16.1. The first-order valence-electron chi connectivity index (χ1n) is 9.05. The molecule has 27 heavy (non-hydrogen) atoms. The van der Waals surface area contributed by atoms with E-state index in [1.54, 1.807) is 19.1 Å². The standard InChI is InChI=1S/C20H22FNO4S/c1-3-25-14-8-13(21)9-16(10-14)27(23,24)15-4-5-17-18(11-15)26-19-12-22-7-6-20(17,19)2/h4-5,8-11,19,22H,3,6-7,12H2,1-2H3. The average Bonchev–Trinajstić information content (AvgIpc) is 2.93. The van der Waals surface area contributed by atoms with Crippen LogP contribution in [0, 0.1) is 5.82 Å². The van der Waals surface area contributed by atoms with Gasteiger partial charge in [0.2, 0.25) is 9.84 Å². The molecule has 2 aliphatic rings. The van der Waals surface area contributed by atoms with Gasteiger partial charge in [-0.15, -0.1) is 0 Å². The molecule has 0 aliphatic carbocycles. The highest BCUT2D eigenvalue weighted by Crippen LogP contribution is 2.47. The van der Waals surface area contributed by atoms with Crippen molar-refractivity contribution in [1.82, 2.24) is 5.32 Å². The second kappa shape index (κ2) is 6.49. The van der Waals surface area contributed by atoms with E-state index < -0.39 is 15.7 Å². The van der Waals surface area contributed by atoms with E-state index in [1.165, 1.54) is 12.1 Å². The van der Waals surface area contributed by atoms with E-state index in [0.717, 1.165) is 31.1 Å². The third kappa shape index (κ3) is 2.99. The van der Waals surface area contributed by atoms with Gasteiger partial charge in [0.25, 0.3) is 0 Å². The lowest BCUT2D eigenvalue weighted by molar-refractivity contribution is 0.123. The summed E-state index contributed by atoms with van der Waals surface area (Å²) in [5.41, 5.74) is 0.909. The first-order valence-corrected chi connectivity index (χ1v) is 10.5. The van der Waals surface area contributed by atoms with Crippen molar-refractivity contribution in [3.8, 4) is 11.5 Å². The molecule has 2 aromatic carbocycles. The number of hydrogen-bond donors (Lipinski definition) is 1. The van der Waals surface area contributed by atoms with Crippen LogP contribution in [0.15, 0.2) is 46.2 Å². The van der Waals surface area contributed by atoms with Crippen LogP contribution in [0.4, 0.5) is 4.39 Å². The third-order valence-corrected chi connectivity index (χ3v) is 7.21. The van der Waals surface area contributed by atoms with Crippen molar-refractivity contribution in [2.45, 2.75) is 41.6 Å². The molecule has 0 amide bonds. The lowest BCUT2D eigenvalue weighted by atomic mass is 9.74. The molecular weight excluding hydrogens is 369 g/mol. The Balaban J connectivity index is 1.75. The van der Waals surface area contributed by atoms with Crippen LogP contribution in [0.1, 0.15) is 25.8 Å². The molecule has 2 unspecified atom stereocenters. The highest BCUT2D eigenvalue weighted by molar-refractivity contribution is 7.91. The number of ether oxygens (including phenoxy) is 2. The van der Waals surface area contributed by atoms with E-state index in [0.29, 0.717) is 12.4 Å². The Labute approximate surface area is 158 Å². The molecule has 0 saturated carbocycles. The number of nitrogens with one attached hydrogen (secondary N) is 1. The van der Waals surface area contributed by atoms with Crippen LogP contribution in [0.3, 0.4) is 0 Å². The number of halogens is 1. The summed E-state index contributed by atoms with van der Waals surface area (Å²) in [5.74, 6) is 0.133. The molecular formula is C20H22FNO4S. The van der Waals surface area contributed by atoms with Crippen LogP contribution in [-0.2, 0) is 15.3 Å². The maximum Gasteiger partial charge on any atom is 0.206 e. The second-order valence-electron chi connectivity index (χ2n) is 7.20. The summed E-state index contributed by atoms with van der Waals surface area (Å²) in [5, 5.41) is 3.31. The van der Waals surface area contributed by atoms with E-state index in [1.807, 2.05) is 6.07 Å². The molecule has 144 valence electrons. The molecule has 4 rings (SSSR count). The molecule has 0 bridgehead atoms. The van der Waals surface area contributed by atoms with Gasteiger partial charge in [0.15, 0.2) is 0 Å². The van der Waals surface area contributed by atoms with E-state index in [4.69, 9.17) is 9.47 Å². The van der Waals surface area contributed by atoms with Crippen molar-refractivity contribution in [2.24, 2.45) is 0 Å². The summed E-state index contributed by atoms with van der Waals surface area (Å²) in [7, 11) is -3.89. The number of fused-ring (bicyclic) bond motifs is 3. The molecule has 7 heteroatoms. The molecule has 1 saturated heterocycles. The number of benzene rings is 2. The molecule has 2 heterocycles. The Bertz CT molecular complexity index is 991. The molecule has 1 N–H and O–H groups in total. The van der Waals surface area contributed by atoms with Gasteiger partial charge in [-0.1, -0.05) is 13.0 Å². The van der Waals surface area contributed by atoms with Gasteiger partial charge >= 0.3 is 0 Å². The van der Waals surface area contributed by atoms with Crippen molar-refractivity contribution in [2.75, 3.05) is 19.7 Å². The molecule has 2 atom stereocenters. The largest absolute Gasteiger partial charge is 0.494 e. The van der Waals surface area contributed by atoms with Crippen molar-refractivity contribution < 1.29 is 22.3 Å². The van der Waals surface area contributed by atoms with Crippen molar-refractivity contribution in [1.29, 1.82) is 0 Å². The average molecular weight is 391 g/mol. The van der Waals surface area contributed by atoms with Gasteiger partial charge in [-0.2, -0.15) is 0 Å². The van der Waals surface area contributed by atoms with Gasteiger partial charge in [-0.25, -0.2) is 12.8 Å². The molecule has 0 aromatic heterocycles. The van der Waals surface area contributed by atoms with Gasteiger partial charge in [-0.05, 0) is 44.2 Å². The summed E-state index contributed by atoms with van der Waals surface area (Å²) >= 11 is 0. The molecule has 1 fully saturated rings. The summed E-state index contributed by atoms with van der Waals surface area (Å²) in [4.78, 5) is -0.0429. The maximum absolute atomic E-state index is 13.9. The van der Waals surface area contributed by atoms with Gasteiger partial charge in [0.1, 0.15) is 23.4 Å². The fourth-order valence-corrected chi connectivity index (χ4v) is 5.24.